The van der Waals surface area contributed by atoms with Crippen molar-refractivity contribution < 1.29 is 10.0 Å². The highest BCUT2D eigenvalue weighted by atomic mass is 16.4. The Kier molecular flexibility index (Phi) is 2.18. The average molecular weight is 230 g/mol. The number of likely N-dealkylation sites (N-methyl/N-ethyl adjacent to an activating group) is 1. The Hall–Kier alpha value is -1.84. The molecule has 0 radical (unpaired) electrons. The van der Waals surface area contributed by atoms with Crippen molar-refractivity contribution in [1.82, 2.24) is 0 Å². The predicted molar refractivity (Wildman–Crippen MR) is 64.8 cm³/mol. The third-order valence-corrected chi connectivity index (χ3v) is 3.70. The van der Waals surface area contributed by atoms with E-state index in [0.717, 1.165) is 30.5 Å². The number of rotatable bonds is 0. The molecule has 1 aromatic carbocycles. The number of carbonyl (C=O) groups excluding carboxylic acids is 1. The van der Waals surface area contributed by atoms with Crippen LogP contribution in [0.1, 0.15) is 29.5 Å². The minimum atomic E-state index is -0.221. The molecular weight excluding hydrogens is 216 g/mol. The van der Waals surface area contributed by atoms with Crippen LogP contribution in [0.5, 0.6) is 0 Å². The molecule has 2 aliphatic rings. The first kappa shape index (κ1) is 10.3. The second kappa shape index (κ2) is 3.58. The molecule has 17 heavy (non-hydrogen) atoms. The summed E-state index contributed by atoms with van der Waals surface area (Å²) in [5, 5.41) is 12.1. The normalized spacial score (nSPS) is 20.6. The van der Waals surface area contributed by atoms with Gasteiger partial charge in [-0.3, -0.25) is 4.79 Å². The lowest BCUT2D eigenvalue weighted by Crippen LogP contribution is -2.26. The molecule has 1 amide bonds. The minimum absolute atomic E-state index is 0.163. The van der Waals surface area contributed by atoms with Gasteiger partial charge in [0.25, 0.3) is 5.91 Å². The van der Waals surface area contributed by atoms with Crippen LogP contribution in [0.2, 0.25) is 0 Å². The van der Waals surface area contributed by atoms with Gasteiger partial charge in [0.1, 0.15) is 0 Å². The van der Waals surface area contributed by atoms with Crippen LogP contribution in [0, 0.1) is 0 Å². The summed E-state index contributed by atoms with van der Waals surface area (Å²) in [7, 11) is 1.74. The predicted octanol–water partition coefficient (Wildman–Crippen LogP) is 1.72. The van der Waals surface area contributed by atoms with E-state index in [1.165, 1.54) is 17.5 Å². The molecule has 0 saturated heterocycles. The summed E-state index contributed by atoms with van der Waals surface area (Å²) < 4.78 is 0. The fourth-order valence-electron chi connectivity index (χ4n) is 2.85. The number of hydrogen-bond acceptors (Lipinski definition) is 3. The Morgan fingerprint density at radius 2 is 2.06 bits per heavy atom. The summed E-state index contributed by atoms with van der Waals surface area (Å²) in [6, 6.07) is 3.96. The van der Waals surface area contributed by atoms with E-state index in [-0.39, 0.29) is 11.6 Å². The number of benzene rings is 1. The van der Waals surface area contributed by atoms with Gasteiger partial charge in [0.05, 0.1) is 5.69 Å². The monoisotopic (exact) mass is 230 g/mol. The van der Waals surface area contributed by atoms with Gasteiger partial charge in [-0.25, -0.2) is 0 Å². The third kappa shape index (κ3) is 1.30. The summed E-state index contributed by atoms with van der Waals surface area (Å²) >= 11 is 0. The second-order valence-electron chi connectivity index (χ2n) is 4.62. The van der Waals surface area contributed by atoms with Gasteiger partial charge in [0, 0.05) is 12.6 Å². The van der Waals surface area contributed by atoms with Gasteiger partial charge >= 0.3 is 0 Å². The smallest absolute Gasteiger partial charge is 0.280 e. The van der Waals surface area contributed by atoms with Crippen molar-refractivity contribution in [3.63, 3.8) is 0 Å². The van der Waals surface area contributed by atoms with Crippen LogP contribution in [0.25, 0.3) is 0 Å². The zero-order valence-electron chi connectivity index (χ0n) is 9.73. The molecule has 3 rings (SSSR count). The number of hydrogen-bond donors (Lipinski definition) is 1. The van der Waals surface area contributed by atoms with Gasteiger partial charge in [-0.1, -0.05) is 17.3 Å². The summed E-state index contributed by atoms with van der Waals surface area (Å²) in [6.07, 6.45) is 4.46. The maximum absolute atomic E-state index is 11.9. The number of amides is 1. The summed E-state index contributed by atoms with van der Waals surface area (Å²) in [6.45, 7) is 0. The van der Waals surface area contributed by atoms with Crippen molar-refractivity contribution in [2.45, 2.75) is 25.7 Å². The van der Waals surface area contributed by atoms with Crippen LogP contribution in [0.15, 0.2) is 17.3 Å². The van der Waals surface area contributed by atoms with Crippen molar-refractivity contribution in [2.24, 2.45) is 5.16 Å². The molecule has 1 heterocycles. The minimum Gasteiger partial charge on any atom is -0.410 e. The first-order valence-corrected chi connectivity index (χ1v) is 5.89. The maximum Gasteiger partial charge on any atom is 0.280 e. The Bertz CT molecular complexity index is 534. The van der Waals surface area contributed by atoms with Crippen LogP contribution in [-0.2, 0) is 17.6 Å². The molecule has 88 valence electrons. The Morgan fingerprint density at radius 1 is 1.29 bits per heavy atom. The van der Waals surface area contributed by atoms with Gasteiger partial charge in [-0.2, -0.15) is 0 Å². The highest BCUT2D eigenvalue weighted by Crippen LogP contribution is 2.37. The van der Waals surface area contributed by atoms with Crippen molar-refractivity contribution in [3.05, 3.63) is 28.8 Å². The van der Waals surface area contributed by atoms with E-state index < -0.39 is 0 Å². The Morgan fingerprint density at radius 3 is 2.82 bits per heavy atom. The van der Waals surface area contributed by atoms with Crippen molar-refractivity contribution in [2.75, 3.05) is 11.9 Å². The standard InChI is InChI=1S/C13H14N2O2/c1-15-12-9-5-3-2-4-8(9)6-7-10(12)11(14-17)13(15)16/h6-7,17H,2-5H2,1H3. The lowest BCUT2D eigenvalue weighted by Gasteiger charge is -2.21. The molecule has 0 bridgehead atoms. The van der Waals surface area contributed by atoms with E-state index in [1.54, 1.807) is 11.9 Å². The van der Waals surface area contributed by atoms with Gasteiger partial charge < -0.3 is 10.1 Å². The van der Waals surface area contributed by atoms with Gasteiger partial charge in [0.2, 0.25) is 0 Å². The molecule has 1 aliphatic heterocycles. The summed E-state index contributed by atoms with van der Waals surface area (Å²) in [5.41, 5.74) is 4.45. The molecule has 0 spiro atoms. The molecule has 4 nitrogen and oxygen atoms in total. The van der Waals surface area contributed by atoms with E-state index in [1.807, 2.05) is 6.07 Å². The van der Waals surface area contributed by atoms with E-state index in [2.05, 4.69) is 11.2 Å². The Labute approximate surface area is 99.5 Å². The highest BCUT2D eigenvalue weighted by molar-refractivity contribution is 6.54. The summed E-state index contributed by atoms with van der Waals surface area (Å²) in [5.74, 6) is -0.221. The molecule has 0 saturated carbocycles. The second-order valence-corrected chi connectivity index (χ2v) is 4.62. The maximum atomic E-state index is 11.9. The largest absolute Gasteiger partial charge is 0.410 e. The molecule has 0 aromatic heterocycles. The number of fused-ring (bicyclic) bond motifs is 3. The van der Waals surface area contributed by atoms with E-state index in [9.17, 15) is 4.79 Å². The molecule has 1 aliphatic carbocycles. The molecule has 1 N–H and O–H groups in total. The van der Waals surface area contributed by atoms with Crippen LogP contribution < -0.4 is 4.90 Å². The Balaban J connectivity index is 2.26. The fraction of sp³-hybridized carbons (Fsp3) is 0.385. The molecular formula is C13H14N2O2. The number of aryl methyl sites for hydroxylation is 1. The van der Waals surface area contributed by atoms with Gasteiger partial charge in [-0.05, 0) is 36.8 Å². The topological polar surface area (TPSA) is 52.9 Å². The first-order chi connectivity index (χ1) is 8.24. The first-order valence-electron chi connectivity index (χ1n) is 5.89. The third-order valence-electron chi connectivity index (χ3n) is 3.70. The number of nitrogens with zero attached hydrogens (tertiary/aromatic N) is 2. The average Bonchev–Trinajstić information content (AvgIpc) is 2.62. The van der Waals surface area contributed by atoms with Crippen LogP contribution in [-0.4, -0.2) is 23.9 Å². The summed E-state index contributed by atoms with van der Waals surface area (Å²) in [4.78, 5) is 13.5. The number of oxime groups is 1. The quantitative estimate of drug-likeness (QED) is 0.545. The molecule has 0 unspecified atom stereocenters. The van der Waals surface area contributed by atoms with E-state index >= 15 is 0 Å². The van der Waals surface area contributed by atoms with Crippen molar-refractivity contribution in [3.8, 4) is 0 Å². The van der Waals surface area contributed by atoms with Crippen molar-refractivity contribution >= 4 is 17.3 Å². The molecule has 1 aromatic rings. The van der Waals surface area contributed by atoms with Crippen LogP contribution >= 0.6 is 0 Å². The SMILES string of the molecule is CN1C(=O)C(=NO)c2ccc3c(c21)CCCC3. The van der Waals surface area contributed by atoms with E-state index in [4.69, 9.17) is 5.21 Å². The molecule has 4 heteroatoms. The van der Waals surface area contributed by atoms with Gasteiger partial charge in [-0.15, -0.1) is 0 Å². The lowest BCUT2D eigenvalue weighted by molar-refractivity contribution is -0.112. The lowest BCUT2D eigenvalue weighted by atomic mass is 9.88. The van der Waals surface area contributed by atoms with E-state index in [0.29, 0.717) is 0 Å². The molecule has 0 fully saturated rings. The zero-order valence-corrected chi connectivity index (χ0v) is 9.73. The highest BCUT2D eigenvalue weighted by Gasteiger charge is 2.35. The van der Waals surface area contributed by atoms with Crippen LogP contribution in [0.3, 0.4) is 0 Å². The van der Waals surface area contributed by atoms with Gasteiger partial charge in [0.15, 0.2) is 5.71 Å². The van der Waals surface area contributed by atoms with Crippen LogP contribution in [0.4, 0.5) is 5.69 Å². The fourth-order valence-corrected chi connectivity index (χ4v) is 2.85. The van der Waals surface area contributed by atoms with Crippen molar-refractivity contribution in [1.29, 1.82) is 0 Å². The molecule has 0 atom stereocenters. The zero-order chi connectivity index (χ0) is 12.0. The number of carbonyl (C=O) groups is 1. The number of anilines is 1.